The molecule has 0 spiro atoms. The average Bonchev–Trinajstić information content (AvgIpc) is 2.07. The molecule has 0 radical (unpaired) electrons. The molecule has 2 unspecified atom stereocenters. The molecule has 0 aromatic heterocycles. The molecule has 0 amide bonds. The molecule has 0 aromatic carbocycles. The summed E-state index contributed by atoms with van der Waals surface area (Å²) in [6, 6.07) is 0. The number of aliphatic carboxylic acids is 1. The van der Waals surface area contributed by atoms with Crippen molar-refractivity contribution in [1.29, 1.82) is 0 Å². The molecule has 0 aromatic rings. The first-order valence-corrected chi connectivity index (χ1v) is 6.18. The smallest absolute Gasteiger partial charge is 0.336 e. The third-order valence-corrected chi connectivity index (χ3v) is 2.25. The number of carbonyl (C=O) groups is 1. The molecule has 2 atom stereocenters. The lowest BCUT2D eigenvalue weighted by Crippen LogP contribution is -2.35. The summed E-state index contributed by atoms with van der Waals surface area (Å²) in [5.41, 5.74) is -0.888. The van der Waals surface area contributed by atoms with E-state index >= 15 is 0 Å². The van der Waals surface area contributed by atoms with Crippen LogP contribution in [0.1, 0.15) is 54.4 Å². The van der Waals surface area contributed by atoms with Crippen LogP contribution in [0.5, 0.6) is 0 Å². The summed E-state index contributed by atoms with van der Waals surface area (Å²) in [6.45, 7) is 11.0. The largest absolute Gasteiger partial charge is 0.479 e. The van der Waals surface area contributed by atoms with Gasteiger partial charge in [0.15, 0.2) is 6.10 Å². The Kier molecular flexibility index (Phi) is 6.26. The first kappa shape index (κ1) is 17.4. The molecule has 18 heavy (non-hydrogen) atoms. The van der Waals surface area contributed by atoms with Crippen LogP contribution in [0.25, 0.3) is 0 Å². The summed E-state index contributed by atoms with van der Waals surface area (Å²) in [7, 11) is 0. The van der Waals surface area contributed by atoms with E-state index in [4.69, 9.17) is 14.9 Å². The van der Waals surface area contributed by atoms with Crippen molar-refractivity contribution in [2.24, 2.45) is 5.41 Å². The molecule has 0 saturated carbocycles. The van der Waals surface area contributed by atoms with Crippen molar-refractivity contribution in [3.63, 3.8) is 0 Å². The molecule has 0 aliphatic carbocycles. The summed E-state index contributed by atoms with van der Waals surface area (Å²) in [5, 5.41) is 18.4. The van der Waals surface area contributed by atoms with Gasteiger partial charge in [-0.1, -0.05) is 20.8 Å². The second kappa shape index (κ2) is 6.50. The third-order valence-electron chi connectivity index (χ3n) is 2.25. The highest BCUT2D eigenvalue weighted by Crippen LogP contribution is 2.25. The number of hydrogen-bond donors (Lipinski definition) is 2. The monoisotopic (exact) mass is 262 g/mol. The SMILES string of the molecule is CC(O)CC(C)(C)OOC(CC(C)(C)C)C(=O)O. The van der Waals surface area contributed by atoms with Gasteiger partial charge in [-0.3, -0.25) is 0 Å². The first-order chi connectivity index (χ1) is 7.93. The summed E-state index contributed by atoms with van der Waals surface area (Å²) in [6.07, 6.45) is -0.810. The van der Waals surface area contributed by atoms with E-state index in [1.807, 2.05) is 20.8 Å². The Labute approximate surface area is 109 Å². The van der Waals surface area contributed by atoms with Crippen LogP contribution in [0, 0.1) is 5.41 Å². The lowest BCUT2D eigenvalue weighted by molar-refractivity contribution is -0.377. The molecular formula is C13H26O5. The Bertz CT molecular complexity index is 265. The zero-order chi connectivity index (χ0) is 14.6. The van der Waals surface area contributed by atoms with Gasteiger partial charge in [0.2, 0.25) is 0 Å². The van der Waals surface area contributed by atoms with Gasteiger partial charge in [-0.05, 0) is 32.6 Å². The van der Waals surface area contributed by atoms with Gasteiger partial charge < -0.3 is 10.2 Å². The topological polar surface area (TPSA) is 76.0 Å². The molecule has 108 valence electrons. The number of rotatable bonds is 7. The van der Waals surface area contributed by atoms with Gasteiger partial charge in [-0.25, -0.2) is 14.6 Å². The van der Waals surface area contributed by atoms with Gasteiger partial charge in [0.05, 0.1) is 6.10 Å². The van der Waals surface area contributed by atoms with Crippen LogP contribution < -0.4 is 0 Å². The Balaban J connectivity index is 4.40. The summed E-state index contributed by atoms with van der Waals surface area (Å²) < 4.78 is 0. The maximum atomic E-state index is 11.1. The highest BCUT2D eigenvalue weighted by Gasteiger charge is 2.30. The number of aliphatic hydroxyl groups is 1. The fourth-order valence-corrected chi connectivity index (χ4v) is 1.65. The van der Waals surface area contributed by atoms with Gasteiger partial charge in [-0.2, -0.15) is 0 Å². The number of aliphatic hydroxyl groups excluding tert-OH is 1. The maximum absolute atomic E-state index is 11.1. The zero-order valence-electron chi connectivity index (χ0n) is 12.2. The van der Waals surface area contributed by atoms with Gasteiger partial charge in [0.1, 0.15) is 5.60 Å². The van der Waals surface area contributed by atoms with Crippen molar-refractivity contribution >= 4 is 5.97 Å². The van der Waals surface area contributed by atoms with E-state index in [1.165, 1.54) is 0 Å². The fourth-order valence-electron chi connectivity index (χ4n) is 1.65. The fraction of sp³-hybridized carbons (Fsp3) is 0.923. The summed E-state index contributed by atoms with van der Waals surface area (Å²) in [4.78, 5) is 21.3. The molecular weight excluding hydrogens is 236 g/mol. The highest BCUT2D eigenvalue weighted by atomic mass is 17.2. The molecule has 0 fully saturated rings. The minimum atomic E-state index is -1.04. The van der Waals surface area contributed by atoms with Gasteiger partial charge in [-0.15, -0.1) is 0 Å². The van der Waals surface area contributed by atoms with E-state index in [2.05, 4.69) is 0 Å². The number of carboxylic acids is 1. The van der Waals surface area contributed by atoms with Gasteiger partial charge in [0, 0.05) is 6.42 Å². The van der Waals surface area contributed by atoms with Crippen LogP contribution >= 0.6 is 0 Å². The quantitative estimate of drug-likeness (QED) is 0.544. The van der Waals surface area contributed by atoms with Crippen LogP contribution in [0.3, 0.4) is 0 Å². The molecule has 0 bridgehead atoms. The Morgan fingerprint density at radius 1 is 1.17 bits per heavy atom. The van der Waals surface area contributed by atoms with Crippen LogP contribution in [0.4, 0.5) is 0 Å². The zero-order valence-corrected chi connectivity index (χ0v) is 12.2. The van der Waals surface area contributed by atoms with Crippen LogP contribution in [-0.2, 0) is 14.6 Å². The summed E-state index contributed by atoms with van der Waals surface area (Å²) in [5.74, 6) is -1.04. The second-order valence-corrected chi connectivity index (χ2v) is 6.58. The average molecular weight is 262 g/mol. The molecule has 0 heterocycles. The molecule has 5 heteroatoms. The van der Waals surface area contributed by atoms with E-state index < -0.39 is 23.8 Å². The lowest BCUT2D eigenvalue weighted by Gasteiger charge is -2.28. The van der Waals surface area contributed by atoms with Crippen molar-refractivity contribution in [2.75, 3.05) is 0 Å². The van der Waals surface area contributed by atoms with Crippen molar-refractivity contribution in [1.82, 2.24) is 0 Å². The predicted octanol–water partition coefficient (Wildman–Crippen LogP) is 2.37. The van der Waals surface area contributed by atoms with E-state index in [9.17, 15) is 9.90 Å². The molecule has 0 aliphatic heterocycles. The highest BCUT2D eigenvalue weighted by molar-refractivity contribution is 5.72. The van der Waals surface area contributed by atoms with Crippen molar-refractivity contribution in [3.8, 4) is 0 Å². The van der Waals surface area contributed by atoms with Crippen molar-refractivity contribution in [2.45, 2.75) is 72.2 Å². The van der Waals surface area contributed by atoms with Crippen LogP contribution in [0.15, 0.2) is 0 Å². The number of carboxylic acid groups (broad SMARTS) is 1. The van der Waals surface area contributed by atoms with Gasteiger partial charge in [0.25, 0.3) is 0 Å². The Morgan fingerprint density at radius 2 is 1.67 bits per heavy atom. The van der Waals surface area contributed by atoms with E-state index in [0.717, 1.165) is 0 Å². The minimum absolute atomic E-state index is 0.166. The summed E-state index contributed by atoms with van der Waals surface area (Å²) >= 11 is 0. The van der Waals surface area contributed by atoms with E-state index in [-0.39, 0.29) is 5.41 Å². The standard InChI is InChI=1S/C13H26O5/c1-9(14)7-13(5,6)18-17-10(11(15)16)8-12(2,3)4/h9-10,14H,7-8H2,1-6H3,(H,15,16). The Hall–Kier alpha value is -0.650. The van der Waals surface area contributed by atoms with Crippen molar-refractivity contribution < 1.29 is 24.8 Å². The first-order valence-electron chi connectivity index (χ1n) is 6.18. The molecule has 0 aliphatic rings. The normalized spacial score (nSPS) is 16.4. The second-order valence-electron chi connectivity index (χ2n) is 6.58. The van der Waals surface area contributed by atoms with Crippen molar-refractivity contribution in [3.05, 3.63) is 0 Å². The van der Waals surface area contributed by atoms with E-state index in [0.29, 0.717) is 12.8 Å². The minimum Gasteiger partial charge on any atom is -0.479 e. The molecule has 0 rings (SSSR count). The predicted molar refractivity (Wildman–Crippen MR) is 68.0 cm³/mol. The van der Waals surface area contributed by atoms with Crippen LogP contribution in [0.2, 0.25) is 0 Å². The van der Waals surface area contributed by atoms with Crippen LogP contribution in [-0.4, -0.2) is 34.0 Å². The molecule has 5 nitrogen and oxygen atoms in total. The Morgan fingerprint density at radius 3 is 2.00 bits per heavy atom. The maximum Gasteiger partial charge on any atom is 0.336 e. The third kappa shape index (κ3) is 8.44. The van der Waals surface area contributed by atoms with E-state index in [1.54, 1.807) is 20.8 Å². The lowest BCUT2D eigenvalue weighted by atomic mass is 9.89. The number of hydrogen-bond acceptors (Lipinski definition) is 4. The molecule has 0 saturated heterocycles. The molecule has 2 N–H and O–H groups in total. The van der Waals surface area contributed by atoms with Gasteiger partial charge >= 0.3 is 5.97 Å².